The third kappa shape index (κ3) is 3.11. The number of hydrazine groups is 1. The van der Waals surface area contributed by atoms with Crippen molar-refractivity contribution in [3.05, 3.63) is 46.5 Å². The van der Waals surface area contributed by atoms with E-state index in [-0.39, 0.29) is 21.3 Å². The molecule has 2 rings (SSSR count). The van der Waals surface area contributed by atoms with Gasteiger partial charge in [-0.05, 0) is 19.1 Å². The van der Waals surface area contributed by atoms with Crippen molar-refractivity contribution < 1.29 is 17.6 Å². The number of carbonyl (C=O) groups excluding carboxylic acids is 1. The lowest BCUT2D eigenvalue weighted by Gasteiger charge is -2.08. The molecule has 1 aromatic carbocycles. The summed E-state index contributed by atoms with van der Waals surface area (Å²) in [5.41, 5.74) is 1.80. The summed E-state index contributed by atoms with van der Waals surface area (Å²) in [5.74, 6) is -1.70. The van der Waals surface area contributed by atoms with Crippen LogP contribution in [0.5, 0.6) is 0 Å². The summed E-state index contributed by atoms with van der Waals surface area (Å²) in [7, 11) is -2.66. The number of rotatable bonds is 4. The molecule has 0 atom stereocenters. The minimum atomic E-state index is -4.14. The number of carbonyl (C=O) groups is 1. The van der Waals surface area contributed by atoms with E-state index in [1.165, 1.54) is 36.9 Å². The smallest absolute Gasteiger partial charge is 0.269 e. The third-order valence-electron chi connectivity index (χ3n) is 2.79. The van der Waals surface area contributed by atoms with Gasteiger partial charge >= 0.3 is 0 Å². The van der Waals surface area contributed by atoms with Crippen LogP contribution in [0.1, 0.15) is 16.1 Å². The number of halogens is 2. The molecule has 0 aliphatic carbocycles. The highest BCUT2D eigenvalue weighted by Gasteiger charge is 2.26. The predicted octanol–water partition coefficient (Wildman–Crippen LogP) is 1.14. The quantitative estimate of drug-likeness (QED) is 0.812. The molecule has 1 aromatic heterocycles. The molecular weight excluding hydrogens is 335 g/mol. The van der Waals surface area contributed by atoms with Gasteiger partial charge < -0.3 is 0 Å². The van der Waals surface area contributed by atoms with Crippen molar-refractivity contribution in [3.63, 3.8) is 0 Å². The molecule has 2 aromatic rings. The Labute approximate surface area is 131 Å². The van der Waals surface area contributed by atoms with Gasteiger partial charge in [0.05, 0.1) is 11.3 Å². The minimum Gasteiger partial charge on any atom is -0.273 e. The molecule has 0 aliphatic rings. The van der Waals surface area contributed by atoms with Crippen molar-refractivity contribution in [2.24, 2.45) is 7.05 Å². The minimum absolute atomic E-state index is 0.106. The highest BCUT2D eigenvalue weighted by atomic mass is 35.5. The lowest BCUT2D eigenvalue weighted by atomic mass is 10.2. The molecule has 1 heterocycles. The van der Waals surface area contributed by atoms with Crippen molar-refractivity contribution in [2.45, 2.75) is 11.8 Å². The van der Waals surface area contributed by atoms with Crippen LogP contribution in [-0.4, -0.2) is 24.1 Å². The zero-order valence-corrected chi connectivity index (χ0v) is 13.2. The molecule has 7 nitrogen and oxygen atoms in total. The maximum absolute atomic E-state index is 13.4. The summed E-state index contributed by atoms with van der Waals surface area (Å²) in [6, 6.07) is 5.18. The number of aromatic nitrogens is 2. The van der Waals surface area contributed by atoms with Crippen LogP contribution in [0.25, 0.3) is 0 Å². The van der Waals surface area contributed by atoms with E-state index < -0.39 is 21.7 Å². The predicted molar refractivity (Wildman–Crippen MR) is 77.1 cm³/mol. The third-order valence-corrected chi connectivity index (χ3v) is 4.73. The maximum Gasteiger partial charge on any atom is 0.269 e. The van der Waals surface area contributed by atoms with Gasteiger partial charge in [-0.3, -0.25) is 14.9 Å². The molecule has 0 radical (unpaired) electrons. The second-order valence-corrected chi connectivity index (χ2v) is 6.35. The van der Waals surface area contributed by atoms with Gasteiger partial charge in [0.15, 0.2) is 0 Å². The Morgan fingerprint density at radius 3 is 2.55 bits per heavy atom. The summed E-state index contributed by atoms with van der Waals surface area (Å²) in [6.07, 6.45) is 0. The number of hydrogen-bond donors (Lipinski definition) is 2. The Morgan fingerprint density at radius 1 is 1.36 bits per heavy atom. The van der Waals surface area contributed by atoms with Gasteiger partial charge in [0.1, 0.15) is 15.9 Å². The van der Waals surface area contributed by atoms with Crippen molar-refractivity contribution in [1.82, 2.24) is 20.0 Å². The average Bonchev–Trinajstić information content (AvgIpc) is 2.70. The first kappa shape index (κ1) is 16.4. The normalized spacial score (nSPS) is 11.5. The van der Waals surface area contributed by atoms with Crippen molar-refractivity contribution in [2.75, 3.05) is 0 Å². The average molecular weight is 347 g/mol. The van der Waals surface area contributed by atoms with Crippen LogP contribution in [0.4, 0.5) is 4.39 Å². The number of hydrogen-bond acceptors (Lipinski definition) is 4. The summed E-state index contributed by atoms with van der Waals surface area (Å²) >= 11 is 5.86. The summed E-state index contributed by atoms with van der Waals surface area (Å²) < 4.78 is 38.9. The van der Waals surface area contributed by atoms with Crippen LogP contribution in [0.15, 0.2) is 29.2 Å². The Morgan fingerprint density at radius 2 is 2.00 bits per heavy atom. The number of amides is 1. The van der Waals surface area contributed by atoms with Gasteiger partial charge in [0.2, 0.25) is 0 Å². The fourth-order valence-electron chi connectivity index (χ4n) is 1.79. The van der Waals surface area contributed by atoms with E-state index in [0.29, 0.717) is 0 Å². The first-order valence-corrected chi connectivity index (χ1v) is 7.86. The lowest BCUT2D eigenvalue weighted by Crippen LogP contribution is -2.42. The van der Waals surface area contributed by atoms with Crippen molar-refractivity contribution >= 4 is 27.5 Å². The van der Waals surface area contributed by atoms with Crippen LogP contribution < -0.4 is 10.3 Å². The lowest BCUT2D eigenvalue weighted by molar-refractivity contribution is 0.0941. The molecular formula is C12H12ClFN4O3S. The van der Waals surface area contributed by atoms with Gasteiger partial charge in [-0.25, -0.2) is 12.8 Å². The number of nitrogens with zero attached hydrogens (tertiary/aromatic N) is 2. The highest BCUT2D eigenvalue weighted by molar-refractivity contribution is 7.89. The zero-order chi connectivity index (χ0) is 16.5. The van der Waals surface area contributed by atoms with Gasteiger partial charge in [-0.1, -0.05) is 23.7 Å². The van der Waals surface area contributed by atoms with Crippen LogP contribution in [0.3, 0.4) is 0 Å². The highest BCUT2D eigenvalue weighted by Crippen LogP contribution is 2.23. The second-order valence-electron chi connectivity index (χ2n) is 4.37. The van der Waals surface area contributed by atoms with E-state index >= 15 is 0 Å². The van der Waals surface area contributed by atoms with Crippen LogP contribution in [0.2, 0.25) is 5.15 Å². The topological polar surface area (TPSA) is 93.1 Å². The maximum atomic E-state index is 13.4. The molecule has 22 heavy (non-hydrogen) atoms. The van der Waals surface area contributed by atoms with E-state index in [9.17, 15) is 17.6 Å². The van der Waals surface area contributed by atoms with Gasteiger partial charge in [-0.2, -0.15) is 5.10 Å². The fourth-order valence-corrected chi connectivity index (χ4v) is 3.39. The van der Waals surface area contributed by atoms with E-state index in [0.717, 1.165) is 6.07 Å². The van der Waals surface area contributed by atoms with Crippen molar-refractivity contribution in [3.8, 4) is 0 Å². The molecule has 0 bridgehead atoms. The van der Waals surface area contributed by atoms with E-state index in [1.807, 2.05) is 10.3 Å². The number of nitrogens with one attached hydrogen (secondary N) is 2. The fraction of sp³-hybridized carbons (Fsp3) is 0.167. The first-order chi connectivity index (χ1) is 10.2. The molecule has 2 N–H and O–H groups in total. The zero-order valence-electron chi connectivity index (χ0n) is 11.6. The standard InChI is InChI=1S/C12H12ClFN4O3S/c1-7-10(11(13)18(2)16-7)22(20,21)17-15-12(19)8-5-3-4-6-9(8)14/h3-6,17H,1-2H3,(H,15,19). The van der Waals surface area contributed by atoms with Gasteiger partial charge in [0, 0.05) is 7.05 Å². The monoisotopic (exact) mass is 346 g/mol. The molecule has 0 saturated heterocycles. The molecule has 0 saturated carbocycles. The number of sulfonamides is 1. The molecule has 0 spiro atoms. The SMILES string of the molecule is Cc1nn(C)c(Cl)c1S(=O)(=O)NNC(=O)c1ccccc1F. The van der Waals surface area contributed by atoms with Gasteiger partial charge in [-0.15, -0.1) is 4.83 Å². The van der Waals surface area contributed by atoms with E-state index in [1.54, 1.807) is 0 Å². The van der Waals surface area contributed by atoms with E-state index in [4.69, 9.17) is 11.6 Å². The van der Waals surface area contributed by atoms with E-state index in [2.05, 4.69) is 5.10 Å². The largest absolute Gasteiger partial charge is 0.273 e. The Balaban J connectivity index is 2.20. The number of benzene rings is 1. The molecule has 0 fully saturated rings. The summed E-state index contributed by atoms with van der Waals surface area (Å²) in [4.78, 5) is 13.4. The second kappa shape index (κ2) is 6.03. The Bertz CT molecular complexity index is 835. The molecule has 0 unspecified atom stereocenters. The van der Waals surface area contributed by atoms with Crippen LogP contribution in [-0.2, 0) is 17.1 Å². The van der Waals surface area contributed by atoms with Crippen molar-refractivity contribution in [1.29, 1.82) is 0 Å². The molecule has 1 amide bonds. The Hall–Kier alpha value is -1.97. The van der Waals surface area contributed by atoms with Crippen LogP contribution in [0, 0.1) is 12.7 Å². The van der Waals surface area contributed by atoms with Crippen LogP contribution >= 0.6 is 11.6 Å². The number of aryl methyl sites for hydroxylation is 2. The molecule has 0 aliphatic heterocycles. The first-order valence-electron chi connectivity index (χ1n) is 6.00. The Kier molecular flexibility index (Phi) is 4.50. The molecule has 10 heteroatoms. The summed E-state index contributed by atoms with van der Waals surface area (Å²) in [5, 5.41) is 3.76. The molecule has 118 valence electrons. The summed E-state index contributed by atoms with van der Waals surface area (Å²) in [6.45, 7) is 1.46. The van der Waals surface area contributed by atoms with Gasteiger partial charge in [0.25, 0.3) is 15.9 Å².